The average Bonchev–Trinajstić information content (AvgIpc) is 2.61. The van der Waals surface area contributed by atoms with Gasteiger partial charge in [0, 0.05) is 6.04 Å². The lowest BCUT2D eigenvalue weighted by Gasteiger charge is -2.23. The van der Waals surface area contributed by atoms with E-state index in [2.05, 4.69) is 18.7 Å². The topological polar surface area (TPSA) is 53.7 Å². The number of carbonyl (C=O) groups is 1. The van der Waals surface area contributed by atoms with Crippen molar-refractivity contribution in [2.75, 3.05) is 6.54 Å². The molecule has 0 spiro atoms. The summed E-state index contributed by atoms with van der Waals surface area (Å²) in [7, 11) is 0. The molecule has 0 amide bonds. The van der Waals surface area contributed by atoms with Crippen LogP contribution in [0.1, 0.15) is 36.9 Å². The predicted molar refractivity (Wildman–Crippen MR) is 56.9 cm³/mol. The summed E-state index contributed by atoms with van der Waals surface area (Å²) in [5, 5.41) is 8.90. The van der Waals surface area contributed by atoms with Gasteiger partial charge in [0.15, 0.2) is 0 Å². The monoisotopic (exact) mass is 211 g/mol. The van der Waals surface area contributed by atoms with Crippen molar-refractivity contribution in [1.82, 2.24) is 4.90 Å². The van der Waals surface area contributed by atoms with Crippen LogP contribution in [0, 0.1) is 0 Å². The maximum absolute atomic E-state index is 10.8. The Balaban J connectivity index is 2.79. The summed E-state index contributed by atoms with van der Waals surface area (Å²) in [4.78, 5) is 13.0. The van der Waals surface area contributed by atoms with Gasteiger partial charge in [-0.3, -0.25) is 4.90 Å². The SMILES string of the molecule is CCN(Cc1occc1C(=O)O)C(C)C. The molecule has 1 N–H and O–H groups in total. The summed E-state index contributed by atoms with van der Waals surface area (Å²) in [5.74, 6) is -0.406. The van der Waals surface area contributed by atoms with E-state index in [1.807, 2.05) is 6.92 Å². The number of furan rings is 1. The molecule has 0 aliphatic rings. The first-order valence-electron chi connectivity index (χ1n) is 5.10. The largest absolute Gasteiger partial charge is 0.478 e. The number of hydrogen-bond acceptors (Lipinski definition) is 3. The lowest BCUT2D eigenvalue weighted by Crippen LogP contribution is -2.30. The van der Waals surface area contributed by atoms with Gasteiger partial charge in [-0.05, 0) is 26.5 Å². The summed E-state index contributed by atoms with van der Waals surface area (Å²) >= 11 is 0. The van der Waals surface area contributed by atoms with Crippen molar-refractivity contribution < 1.29 is 14.3 Å². The van der Waals surface area contributed by atoms with Gasteiger partial charge < -0.3 is 9.52 Å². The summed E-state index contributed by atoms with van der Waals surface area (Å²) < 4.78 is 5.19. The van der Waals surface area contributed by atoms with E-state index < -0.39 is 5.97 Å². The molecule has 1 heterocycles. The third-order valence-electron chi connectivity index (χ3n) is 2.46. The zero-order chi connectivity index (χ0) is 11.4. The van der Waals surface area contributed by atoms with Gasteiger partial charge >= 0.3 is 5.97 Å². The second-order valence-electron chi connectivity index (χ2n) is 3.72. The standard InChI is InChI=1S/C11H17NO3/c1-4-12(8(2)3)7-10-9(11(13)14)5-6-15-10/h5-6,8H,4,7H2,1-3H3,(H,13,14). The molecule has 0 radical (unpaired) electrons. The number of carboxylic acids is 1. The van der Waals surface area contributed by atoms with Gasteiger partial charge in [-0.2, -0.15) is 0 Å². The van der Waals surface area contributed by atoms with Crippen molar-refractivity contribution in [2.24, 2.45) is 0 Å². The molecular weight excluding hydrogens is 194 g/mol. The highest BCUT2D eigenvalue weighted by Crippen LogP contribution is 2.14. The zero-order valence-electron chi connectivity index (χ0n) is 9.36. The first-order chi connectivity index (χ1) is 7.06. The van der Waals surface area contributed by atoms with Crippen LogP contribution in [0.25, 0.3) is 0 Å². The minimum absolute atomic E-state index is 0.258. The Morgan fingerprint density at radius 3 is 2.73 bits per heavy atom. The van der Waals surface area contributed by atoms with Crippen LogP contribution in [-0.4, -0.2) is 28.6 Å². The smallest absolute Gasteiger partial charge is 0.339 e. The molecule has 4 heteroatoms. The summed E-state index contributed by atoms with van der Waals surface area (Å²) in [6.07, 6.45) is 1.42. The van der Waals surface area contributed by atoms with Crippen LogP contribution in [0.5, 0.6) is 0 Å². The minimum atomic E-state index is -0.932. The van der Waals surface area contributed by atoms with Crippen molar-refractivity contribution in [3.05, 3.63) is 23.7 Å². The fourth-order valence-corrected chi connectivity index (χ4v) is 1.50. The van der Waals surface area contributed by atoms with Crippen molar-refractivity contribution in [3.8, 4) is 0 Å². The Morgan fingerprint density at radius 2 is 2.27 bits per heavy atom. The van der Waals surface area contributed by atoms with Gasteiger partial charge in [-0.1, -0.05) is 6.92 Å². The normalized spacial score (nSPS) is 11.3. The van der Waals surface area contributed by atoms with E-state index in [0.29, 0.717) is 18.3 Å². The van der Waals surface area contributed by atoms with Crippen LogP contribution in [-0.2, 0) is 6.54 Å². The van der Waals surface area contributed by atoms with Crippen LogP contribution in [0.4, 0.5) is 0 Å². The molecule has 15 heavy (non-hydrogen) atoms. The van der Waals surface area contributed by atoms with Crippen LogP contribution in [0.2, 0.25) is 0 Å². The van der Waals surface area contributed by atoms with Crippen LogP contribution in [0.15, 0.2) is 16.7 Å². The van der Waals surface area contributed by atoms with Gasteiger partial charge in [-0.15, -0.1) is 0 Å². The fourth-order valence-electron chi connectivity index (χ4n) is 1.50. The fraction of sp³-hybridized carbons (Fsp3) is 0.545. The number of nitrogens with zero attached hydrogens (tertiary/aromatic N) is 1. The number of hydrogen-bond donors (Lipinski definition) is 1. The molecule has 0 aliphatic heterocycles. The van der Waals surface area contributed by atoms with Crippen LogP contribution in [0.3, 0.4) is 0 Å². The Labute approximate surface area is 89.5 Å². The zero-order valence-corrected chi connectivity index (χ0v) is 9.36. The van der Waals surface area contributed by atoms with Gasteiger partial charge in [0.25, 0.3) is 0 Å². The van der Waals surface area contributed by atoms with E-state index in [4.69, 9.17) is 9.52 Å². The maximum Gasteiger partial charge on any atom is 0.339 e. The van der Waals surface area contributed by atoms with Crippen molar-refractivity contribution in [3.63, 3.8) is 0 Å². The molecule has 1 aromatic heterocycles. The summed E-state index contributed by atoms with van der Waals surface area (Å²) in [6.45, 7) is 7.61. The van der Waals surface area contributed by atoms with E-state index in [1.165, 1.54) is 12.3 Å². The Hall–Kier alpha value is -1.29. The summed E-state index contributed by atoms with van der Waals surface area (Å²) in [5.41, 5.74) is 0.258. The third kappa shape index (κ3) is 2.83. The second kappa shape index (κ2) is 4.98. The van der Waals surface area contributed by atoms with Gasteiger partial charge in [0.05, 0.1) is 12.8 Å². The number of rotatable bonds is 5. The Bertz CT molecular complexity index is 330. The van der Waals surface area contributed by atoms with Gasteiger partial charge in [0.2, 0.25) is 0 Å². The molecule has 4 nitrogen and oxygen atoms in total. The molecule has 1 rings (SSSR count). The van der Waals surface area contributed by atoms with E-state index >= 15 is 0 Å². The second-order valence-corrected chi connectivity index (χ2v) is 3.72. The predicted octanol–water partition coefficient (Wildman–Crippen LogP) is 2.21. The Kier molecular flexibility index (Phi) is 3.91. The Morgan fingerprint density at radius 1 is 1.60 bits per heavy atom. The first kappa shape index (κ1) is 11.8. The molecule has 0 unspecified atom stereocenters. The molecule has 0 atom stereocenters. The molecule has 1 aromatic rings. The van der Waals surface area contributed by atoms with Gasteiger partial charge in [0.1, 0.15) is 11.3 Å². The minimum Gasteiger partial charge on any atom is -0.478 e. The van der Waals surface area contributed by atoms with E-state index in [0.717, 1.165) is 6.54 Å². The van der Waals surface area contributed by atoms with Crippen molar-refractivity contribution >= 4 is 5.97 Å². The van der Waals surface area contributed by atoms with Crippen LogP contribution >= 0.6 is 0 Å². The maximum atomic E-state index is 10.8. The molecule has 0 saturated carbocycles. The third-order valence-corrected chi connectivity index (χ3v) is 2.46. The van der Waals surface area contributed by atoms with E-state index in [9.17, 15) is 4.79 Å². The number of aromatic carboxylic acids is 1. The highest BCUT2D eigenvalue weighted by Gasteiger charge is 2.17. The molecule has 0 aromatic carbocycles. The molecule has 84 valence electrons. The highest BCUT2D eigenvalue weighted by atomic mass is 16.4. The first-order valence-corrected chi connectivity index (χ1v) is 5.10. The molecule has 0 fully saturated rings. The molecule has 0 saturated heterocycles. The average molecular weight is 211 g/mol. The van der Waals surface area contributed by atoms with Crippen LogP contribution < -0.4 is 0 Å². The highest BCUT2D eigenvalue weighted by molar-refractivity contribution is 5.88. The van der Waals surface area contributed by atoms with Crippen molar-refractivity contribution in [2.45, 2.75) is 33.4 Å². The van der Waals surface area contributed by atoms with E-state index in [1.54, 1.807) is 0 Å². The summed E-state index contributed by atoms with van der Waals surface area (Å²) in [6, 6.07) is 1.87. The molecular formula is C11H17NO3. The lowest BCUT2D eigenvalue weighted by atomic mass is 10.2. The molecule has 0 aliphatic carbocycles. The van der Waals surface area contributed by atoms with E-state index in [-0.39, 0.29) is 5.56 Å². The quantitative estimate of drug-likeness (QED) is 0.811. The lowest BCUT2D eigenvalue weighted by molar-refractivity contribution is 0.0691. The number of carboxylic acid groups (broad SMARTS) is 1. The molecule has 0 bridgehead atoms. The van der Waals surface area contributed by atoms with Crippen molar-refractivity contribution in [1.29, 1.82) is 0 Å². The van der Waals surface area contributed by atoms with Gasteiger partial charge in [-0.25, -0.2) is 4.79 Å².